The molecule has 0 spiro atoms. The molecule has 0 saturated heterocycles. The Morgan fingerprint density at radius 3 is 2.55 bits per heavy atom. The maximum Gasteiger partial charge on any atom is 0.119 e. The number of hydroxylamine groups is 3. The molecule has 0 aliphatic heterocycles. The van der Waals surface area contributed by atoms with Crippen LogP contribution in [0.15, 0.2) is 36.4 Å². The molecule has 0 bridgehead atoms. The molecule has 156 valence electrons. The zero-order chi connectivity index (χ0) is 21.0. The van der Waals surface area contributed by atoms with Gasteiger partial charge in [0.25, 0.3) is 0 Å². The van der Waals surface area contributed by atoms with E-state index in [4.69, 9.17) is 21.3 Å². The highest BCUT2D eigenvalue weighted by Crippen LogP contribution is 2.34. The zero-order valence-corrected chi connectivity index (χ0v) is 18.4. The minimum atomic E-state index is -0.121. The smallest absolute Gasteiger partial charge is 0.119 e. The van der Waals surface area contributed by atoms with E-state index in [1.165, 1.54) is 0 Å². The molecule has 1 unspecified atom stereocenters. The number of anilines is 1. The molecule has 0 amide bonds. The zero-order valence-electron chi connectivity index (χ0n) is 17.7. The van der Waals surface area contributed by atoms with E-state index in [0.717, 1.165) is 46.1 Å². The van der Waals surface area contributed by atoms with Crippen LogP contribution in [0.1, 0.15) is 33.6 Å². The predicted molar refractivity (Wildman–Crippen MR) is 123 cm³/mol. The summed E-state index contributed by atoms with van der Waals surface area (Å²) >= 11 is 6.20. The second-order valence-corrected chi connectivity index (χ2v) is 8.07. The maximum absolute atomic E-state index is 12.5. The van der Waals surface area contributed by atoms with Crippen LogP contribution in [0.4, 0.5) is 5.69 Å². The highest BCUT2D eigenvalue weighted by Gasteiger charge is 2.15. The van der Waals surface area contributed by atoms with Crippen LogP contribution in [0.25, 0.3) is 21.8 Å². The molecule has 0 aliphatic carbocycles. The van der Waals surface area contributed by atoms with Crippen LogP contribution in [-0.2, 0) is 0 Å². The van der Waals surface area contributed by atoms with Gasteiger partial charge in [0.2, 0.25) is 0 Å². The molecular weight excluding hydrogens is 386 g/mol. The van der Waals surface area contributed by atoms with Crippen molar-refractivity contribution in [3.63, 3.8) is 0 Å². The Kier molecular flexibility index (Phi) is 6.83. The predicted octanol–water partition coefficient (Wildman–Crippen LogP) is 5.99. The average molecular weight is 416 g/mol. The van der Waals surface area contributed by atoms with Crippen LogP contribution in [0.2, 0.25) is 5.02 Å². The number of nitrogens with one attached hydrogen (secondary N) is 1. The first kappa shape index (κ1) is 21.6. The van der Waals surface area contributed by atoms with Crippen molar-refractivity contribution in [2.75, 3.05) is 32.1 Å². The number of hydrogen-bond donors (Lipinski definition) is 1. The van der Waals surface area contributed by atoms with E-state index in [1.54, 1.807) is 7.11 Å². The Morgan fingerprint density at radius 2 is 1.86 bits per heavy atom. The lowest BCUT2D eigenvalue weighted by Crippen LogP contribution is -2.42. The number of ether oxygens (including phenoxy) is 1. The van der Waals surface area contributed by atoms with Gasteiger partial charge in [0.1, 0.15) is 5.75 Å². The van der Waals surface area contributed by atoms with Crippen molar-refractivity contribution < 1.29 is 9.38 Å². The number of fused-ring (bicyclic) bond motifs is 2. The molecule has 29 heavy (non-hydrogen) atoms. The van der Waals surface area contributed by atoms with Crippen molar-refractivity contribution in [1.29, 1.82) is 0 Å². The minimum absolute atomic E-state index is 0.121. The molecule has 3 aromatic rings. The highest BCUT2D eigenvalue weighted by atomic mass is 35.5. The molecule has 5 nitrogen and oxygen atoms in total. The summed E-state index contributed by atoms with van der Waals surface area (Å²) in [6.07, 6.45) is 1.81. The Bertz CT molecular complexity index is 989. The fraction of sp³-hybridized carbons (Fsp3) is 0.435. The Balaban J connectivity index is 1.91. The quantitative estimate of drug-likeness (QED) is 0.265. The van der Waals surface area contributed by atoms with E-state index in [1.807, 2.05) is 50.2 Å². The minimum Gasteiger partial charge on any atom is -0.633 e. The van der Waals surface area contributed by atoms with Crippen LogP contribution in [-0.4, -0.2) is 42.4 Å². The molecule has 6 heteroatoms. The maximum atomic E-state index is 12.5. The van der Waals surface area contributed by atoms with Gasteiger partial charge in [0, 0.05) is 21.8 Å². The van der Waals surface area contributed by atoms with Gasteiger partial charge in [0.05, 0.1) is 43.5 Å². The number of aromatic nitrogens is 1. The summed E-state index contributed by atoms with van der Waals surface area (Å²) in [5.74, 6) is 0.794. The number of methoxy groups -OCH3 is 1. The summed E-state index contributed by atoms with van der Waals surface area (Å²) in [4.78, 5) is 4.77. The van der Waals surface area contributed by atoms with E-state index < -0.39 is 0 Å². The Hall–Kier alpha value is -2.08. The summed E-state index contributed by atoms with van der Waals surface area (Å²) in [6, 6.07) is 11.9. The van der Waals surface area contributed by atoms with E-state index in [0.29, 0.717) is 24.7 Å². The van der Waals surface area contributed by atoms with E-state index in [9.17, 15) is 5.21 Å². The topological polar surface area (TPSA) is 57.2 Å². The number of rotatable bonds is 9. The van der Waals surface area contributed by atoms with Gasteiger partial charge in [-0.05, 0) is 70.0 Å². The number of pyridine rings is 1. The van der Waals surface area contributed by atoms with Gasteiger partial charge in [-0.15, -0.1) is 0 Å². The molecule has 3 rings (SSSR count). The second kappa shape index (κ2) is 9.16. The standard InChI is InChI=1S/C23H30ClN3O2/c1-5-27(28,6-2)13-7-8-16(3)25-23-19-11-9-17(24)14-22(19)26-21-12-10-18(29-4)15-20(21)23/h9-12,14-16H,5-8,13H2,1-4H3,(H,25,26). The van der Waals surface area contributed by atoms with Gasteiger partial charge < -0.3 is 19.9 Å². The van der Waals surface area contributed by atoms with Gasteiger partial charge in [-0.1, -0.05) is 11.6 Å². The molecule has 0 radical (unpaired) electrons. The summed E-state index contributed by atoms with van der Waals surface area (Å²) in [5, 5.41) is 18.9. The largest absolute Gasteiger partial charge is 0.633 e. The Labute approximate surface area is 177 Å². The van der Waals surface area contributed by atoms with Gasteiger partial charge >= 0.3 is 0 Å². The van der Waals surface area contributed by atoms with Crippen LogP contribution < -0.4 is 10.1 Å². The first-order valence-corrected chi connectivity index (χ1v) is 10.7. The highest BCUT2D eigenvalue weighted by molar-refractivity contribution is 6.31. The molecule has 2 aromatic carbocycles. The lowest BCUT2D eigenvalue weighted by molar-refractivity contribution is -0.877. The number of nitrogens with zero attached hydrogens (tertiary/aromatic N) is 2. The van der Waals surface area contributed by atoms with Gasteiger partial charge in [-0.3, -0.25) is 0 Å². The van der Waals surface area contributed by atoms with Crippen molar-refractivity contribution in [3.05, 3.63) is 46.6 Å². The van der Waals surface area contributed by atoms with Crippen molar-refractivity contribution in [2.24, 2.45) is 0 Å². The third-order valence-electron chi connectivity index (χ3n) is 5.69. The summed E-state index contributed by atoms with van der Waals surface area (Å²) in [5.41, 5.74) is 2.78. The first-order chi connectivity index (χ1) is 13.9. The average Bonchev–Trinajstić information content (AvgIpc) is 2.72. The van der Waals surface area contributed by atoms with E-state index >= 15 is 0 Å². The van der Waals surface area contributed by atoms with Gasteiger partial charge in [0.15, 0.2) is 0 Å². The van der Waals surface area contributed by atoms with Crippen molar-refractivity contribution >= 4 is 39.1 Å². The molecule has 1 atom stereocenters. The summed E-state index contributed by atoms with van der Waals surface area (Å²) in [6.45, 7) is 7.99. The Morgan fingerprint density at radius 1 is 1.10 bits per heavy atom. The van der Waals surface area contributed by atoms with E-state index in [2.05, 4.69) is 12.2 Å². The molecule has 0 fully saturated rings. The number of benzene rings is 2. The molecule has 1 N–H and O–H groups in total. The molecule has 0 aliphatic rings. The third kappa shape index (κ3) is 4.92. The lowest BCUT2D eigenvalue weighted by atomic mass is 10.1. The van der Waals surface area contributed by atoms with Crippen LogP contribution >= 0.6 is 11.6 Å². The van der Waals surface area contributed by atoms with Crippen molar-refractivity contribution in [2.45, 2.75) is 39.7 Å². The lowest BCUT2D eigenvalue weighted by Gasteiger charge is -2.41. The van der Waals surface area contributed by atoms with E-state index in [-0.39, 0.29) is 10.7 Å². The fourth-order valence-electron chi connectivity index (χ4n) is 3.72. The summed E-state index contributed by atoms with van der Waals surface area (Å²) in [7, 11) is 1.67. The number of halogens is 1. The van der Waals surface area contributed by atoms with Crippen LogP contribution in [0.3, 0.4) is 0 Å². The number of quaternary nitrogens is 1. The third-order valence-corrected chi connectivity index (χ3v) is 5.92. The normalized spacial score (nSPS) is 13.0. The first-order valence-electron chi connectivity index (χ1n) is 10.3. The SMILES string of the molecule is CC[N+]([O-])(CC)CCCC(C)Nc1c2ccc(Cl)cc2nc2ccc(OC)cc12. The fourth-order valence-corrected chi connectivity index (χ4v) is 3.89. The van der Waals surface area contributed by atoms with Crippen LogP contribution in [0.5, 0.6) is 5.75 Å². The summed E-state index contributed by atoms with van der Waals surface area (Å²) < 4.78 is 5.31. The van der Waals surface area contributed by atoms with Gasteiger partial charge in [-0.25, -0.2) is 4.98 Å². The molecular formula is C23H30ClN3O2. The van der Waals surface area contributed by atoms with Crippen molar-refractivity contribution in [1.82, 2.24) is 4.98 Å². The molecule has 0 saturated carbocycles. The van der Waals surface area contributed by atoms with Crippen molar-refractivity contribution in [3.8, 4) is 5.75 Å². The second-order valence-electron chi connectivity index (χ2n) is 7.63. The number of hydrogen-bond acceptors (Lipinski definition) is 4. The monoisotopic (exact) mass is 415 g/mol. The van der Waals surface area contributed by atoms with Gasteiger partial charge in [-0.2, -0.15) is 0 Å². The molecule has 1 aromatic heterocycles. The molecule has 1 heterocycles. The van der Waals surface area contributed by atoms with Crippen LogP contribution in [0, 0.1) is 5.21 Å².